The van der Waals surface area contributed by atoms with E-state index in [1.807, 2.05) is 25.2 Å². The molecule has 0 bridgehead atoms. The summed E-state index contributed by atoms with van der Waals surface area (Å²) >= 11 is 3.44. The van der Waals surface area contributed by atoms with Crippen molar-refractivity contribution in [3.8, 4) is 0 Å². The molecule has 0 fully saturated rings. The quantitative estimate of drug-likeness (QED) is 0.675. The zero-order chi connectivity index (χ0) is 14.1. The highest BCUT2D eigenvalue weighted by atomic mass is 79.9. The summed E-state index contributed by atoms with van der Waals surface area (Å²) in [6.45, 7) is 0. The van der Waals surface area contributed by atoms with Gasteiger partial charge in [-0.1, -0.05) is 46.3 Å². The second kappa shape index (κ2) is 5.17. The van der Waals surface area contributed by atoms with Gasteiger partial charge in [0, 0.05) is 17.2 Å². The van der Waals surface area contributed by atoms with Crippen LogP contribution in [-0.4, -0.2) is 7.05 Å². The molecule has 0 radical (unpaired) electrons. The maximum atomic E-state index is 6.10. The second-order valence-corrected chi connectivity index (χ2v) is 5.71. The van der Waals surface area contributed by atoms with Crippen molar-refractivity contribution in [1.29, 1.82) is 0 Å². The molecule has 0 aromatic heterocycles. The van der Waals surface area contributed by atoms with Crippen LogP contribution in [0.4, 0.5) is 17.1 Å². The van der Waals surface area contributed by atoms with Crippen molar-refractivity contribution in [1.82, 2.24) is 0 Å². The minimum Gasteiger partial charge on any atom is -0.397 e. The van der Waals surface area contributed by atoms with E-state index in [1.165, 1.54) is 10.8 Å². The maximum Gasteiger partial charge on any atom is 0.0642 e. The highest BCUT2D eigenvalue weighted by Crippen LogP contribution is 2.32. The van der Waals surface area contributed by atoms with E-state index in [1.54, 1.807) is 0 Å². The molecule has 0 saturated carbocycles. The standard InChI is InChI=1S/C17H15BrN2/c1-20(17-9-7-14(18)11-16(17)19)15-8-6-12-4-2-3-5-13(12)10-15/h2-11H,19H2,1H3. The van der Waals surface area contributed by atoms with Crippen LogP contribution in [0.3, 0.4) is 0 Å². The SMILES string of the molecule is CN(c1ccc2ccccc2c1)c1ccc(Br)cc1N. The minimum absolute atomic E-state index is 0.759. The Morgan fingerprint density at radius 1 is 0.900 bits per heavy atom. The fourth-order valence-electron chi connectivity index (χ4n) is 2.36. The van der Waals surface area contributed by atoms with Gasteiger partial charge >= 0.3 is 0 Å². The number of halogens is 1. The molecule has 0 saturated heterocycles. The van der Waals surface area contributed by atoms with Crippen LogP contribution in [-0.2, 0) is 0 Å². The van der Waals surface area contributed by atoms with Crippen molar-refractivity contribution < 1.29 is 0 Å². The number of rotatable bonds is 2. The largest absolute Gasteiger partial charge is 0.397 e. The molecular weight excluding hydrogens is 312 g/mol. The molecule has 2 nitrogen and oxygen atoms in total. The van der Waals surface area contributed by atoms with Gasteiger partial charge in [0.05, 0.1) is 11.4 Å². The van der Waals surface area contributed by atoms with Gasteiger partial charge in [0.2, 0.25) is 0 Å². The summed E-state index contributed by atoms with van der Waals surface area (Å²) in [5.41, 5.74) is 8.99. The minimum atomic E-state index is 0.759. The van der Waals surface area contributed by atoms with Crippen molar-refractivity contribution >= 4 is 43.8 Å². The van der Waals surface area contributed by atoms with Crippen molar-refractivity contribution in [2.24, 2.45) is 0 Å². The molecule has 0 amide bonds. The Hall–Kier alpha value is -2.00. The molecule has 20 heavy (non-hydrogen) atoms. The first-order chi connectivity index (χ1) is 9.65. The molecule has 0 aliphatic rings. The monoisotopic (exact) mass is 326 g/mol. The number of nitrogen functional groups attached to an aromatic ring is 1. The number of nitrogens with zero attached hydrogens (tertiary/aromatic N) is 1. The molecule has 0 atom stereocenters. The topological polar surface area (TPSA) is 29.3 Å². The van der Waals surface area contributed by atoms with Crippen LogP contribution in [0.15, 0.2) is 65.1 Å². The van der Waals surface area contributed by atoms with Crippen LogP contribution in [0.25, 0.3) is 10.8 Å². The summed E-state index contributed by atoms with van der Waals surface area (Å²) in [5.74, 6) is 0. The summed E-state index contributed by atoms with van der Waals surface area (Å²) in [5, 5.41) is 2.47. The lowest BCUT2D eigenvalue weighted by molar-refractivity contribution is 1.21. The van der Waals surface area contributed by atoms with Gasteiger partial charge in [-0.2, -0.15) is 0 Å². The maximum absolute atomic E-state index is 6.10. The van der Waals surface area contributed by atoms with E-state index in [0.717, 1.165) is 21.5 Å². The van der Waals surface area contributed by atoms with Gasteiger partial charge < -0.3 is 10.6 Å². The Morgan fingerprint density at radius 3 is 2.40 bits per heavy atom. The number of benzene rings is 3. The molecule has 3 rings (SSSR count). The predicted molar refractivity (Wildman–Crippen MR) is 90.6 cm³/mol. The van der Waals surface area contributed by atoms with Crippen LogP contribution in [0.5, 0.6) is 0 Å². The molecule has 0 aliphatic heterocycles. The Kier molecular flexibility index (Phi) is 3.36. The van der Waals surface area contributed by atoms with Crippen molar-refractivity contribution in [2.45, 2.75) is 0 Å². The molecule has 0 spiro atoms. The van der Waals surface area contributed by atoms with Crippen molar-refractivity contribution in [3.05, 3.63) is 65.1 Å². The molecule has 0 heterocycles. The number of hydrogen-bond donors (Lipinski definition) is 1. The van der Waals surface area contributed by atoms with Gasteiger partial charge in [-0.25, -0.2) is 0 Å². The van der Waals surface area contributed by atoms with Gasteiger partial charge in [-0.15, -0.1) is 0 Å². The Labute approximate surface area is 127 Å². The molecule has 2 N–H and O–H groups in total. The second-order valence-electron chi connectivity index (χ2n) is 4.79. The van der Waals surface area contributed by atoms with E-state index in [2.05, 4.69) is 63.3 Å². The van der Waals surface area contributed by atoms with Gasteiger partial charge in [-0.05, 0) is 41.1 Å². The average Bonchev–Trinajstić information content (AvgIpc) is 2.46. The Balaban J connectivity index is 2.05. The molecule has 100 valence electrons. The fraction of sp³-hybridized carbons (Fsp3) is 0.0588. The van der Waals surface area contributed by atoms with Crippen molar-refractivity contribution in [3.63, 3.8) is 0 Å². The Bertz CT molecular complexity index is 768. The summed E-state index contributed by atoms with van der Waals surface area (Å²) in [4.78, 5) is 2.11. The Morgan fingerprint density at radius 2 is 1.65 bits per heavy atom. The van der Waals surface area contributed by atoms with E-state index in [4.69, 9.17) is 5.73 Å². The van der Waals surface area contributed by atoms with Crippen LogP contribution in [0.1, 0.15) is 0 Å². The van der Waals surface area contributed by atoms with Gasteiger partial charge in [0.25, 0.3) is 0 Å². The van der Waals surface area contributed by atoms with E-state index in [0.29, 0.717) is 0 Å². The van der Waals surface area contributed by atoms with Crippen molar-refractivity contribution in [2.75, 3.05) is 17.7 Å². The number of nitrogens with two attached hydrogens (primary N) is 1. The van der Waals surface area contributed by atoms with Gasteiger partial charge in [0.1, 0.15) is 0 Å². The van der Waals surface area contributed by atoms with E-state index in [9.17, 15) is 0 Å². The predicted octanol–water partition coefficient (Wildman–Crippen LogP) is 4.95. The first-order valence-corrected chi connectivity index (χ1v) is 7.22. The smallest absolute Gasteiger partial charge is 0.0642 e. The highest BCUT2D eigenvalue weighted by Gasteiger charge is 2.08. The lowest BCUT2D eigenvalue weighted by atomic mass is 10.1. The van der Waals surface area contributed by atoms with Crippen LogP contribution in [0.2, 0.25) is 0 Å². The molecule has 0 aliphatic carbocycles. The third-order valence-corrected chi connectivity index (χ3v) is 3.96. The van der Waals surface area contributed by atoms with E-state index in [-0.39, 0.29) is 0 Å². The molecule has 3 aromatic rings. The zero-order valence-corrected chi connectivity index (χ0v) is 12.8. The number of hydrogen-bond acceptors (Lipinski definition) is 2. The number of anilines is 3. The summed E-state index contributed by atoms with van der Waals surface area (Å²) in [6.07, 6.45) is 0. The first kappa shape index (κ1) is 13.0. The normalized spacial score (nSPS) is 10.7. The summed E-state index contributed by atoms with van der Waals surface area (Å²) in [7, 11) is 2.03. The van der Waals surface area contributed by atoms with E-state index < -0.39 is 0 Å². The third-order valence-electron chi connectivity index (χ3n) is 3.47. The first-order valence-electron chi connectivity index (χ1n) is 6.43. The van der Waals surface area contributed by atoms with Crippen LogP contribution >= 0.6 is 15.9 Å². The molecular formula is C17H15BrN2. The lowest BCUT2D eigenvalue weighted by Gasteiger charge is -2.22. The highest BCUT2D eigenvalue weighted by molar-refractivity contribution is 9.10. The fourth-order valence-corrected chi connectivity index (χ4v) is 2.73. The molecule has 3 aromatic carbocycles. The van der Waals surface area contributed by atoms with Crippen LogP contribution in [0, 0.1) is 0 Å². The average molecular weight is 327 g/mol. The van der Waals surface area contributed by atoms with Gasteiger partial charge in [0.15, 0.2) is 0 Å². The van der Waals surface area contributed by atoms with E-state index >= 15 is 0 Å². The molecule has 0 unspecified atom stereocenters. The molecule has 3 heteroatoms. The van der Waals surface area contributed by atoms with Crippen LogP contribution < -0.4 is 10.6 Å². The van der Waals surface area contributed by atoms with Gasteiger partial charge in [-0.3, -0.25) is 0 Å². The summed E-state index contributed by atoms with van der Waals surface area (Å²) < 4.78 is 0.991. The zero-order valence-electron chi connectivity index (χ0n) is 11.2. The number of fused-ring (bicyclic) bond motifs is 1. The third kappa shape index (κ3) is 2.37. The lowest BCUT2D eigenvalue weighted by Crippen LogP contribution is -2.11. The summed E-state index contributed by atoms with van der Waals surface area (Å²) in [6, 6.07) is 20.7.